The molecule has 0 saturated heterocycles. The van der Waals surface area contributed by atoms with E-state index in [4.69, 9.17) is 5.73 Å². The maximum atomic E-state index is 12.5. The van der Waals surface area contributed by atoms with Crippen LogP contribution in [0, 0.1) is 0 Å². The molecule has 0 aromatic heterocycles. The lowest BCUT2D eigenvalue weighted by molar-refractivity contribution is -0.137. The second-order valence-electron chi connectivity index (χ2n) is 4.72. The van der Waals surface area contributed by atoms with E-state index in [0.717, 1.165) is 18.2 Å². The smallest absolute Gasteiger partial charge is 0.329 e. The van der Waals surface area contributed by atoms with Gasteiger partial charge in [0.15, 0.2) is 0 Å². The molecular formula is C11H15F3N2O2S. The van der Waals surface area contributed by atoms with E-state index >= 15 is 0 Å². The average molecular weight is 296 g/mol. The first-order chi connectivity index (χ1) is 8.48. The summed E-state index contributed by atoms with van der Waals surface area (Å²) in [6.45, 7) is 3.10. The fraction of sp³-hybridized carbons (Fsp3) is 0.455. The van der Waals surface area contributed by atoms with Gasteiger partial charge >= 0.3 is 6.18 Å². The van der Waals surface area contributed by atoms with Gasteiger partial charge in [-0.15, -0.1) is 0 Å². The summed E-state index contributed by atoms with van der Waals surface area (Å²) in [6.07, 6.45) is -4.59. The Kier molecular flexibility index (Phi) is 4.28. The number of benzene rings is 1. The molecule has 0 saturated carbocycles. The first kappa shape index (κ1) is 15.9. The van der Waals surface area contributed by atoms with Crippen molar-refractivity contribution in [1.29, 1.82) is 0 Å². The van der Waals surface area contributed by atoms with Crippen molar-refractivity contribution in [2.45, 2.75) is 30.5 Å². The minimum Gasteiger partial charge on any atom is -0.329 e. The SMILES string of the molecule is CC(C)(CN)NS(=O)(=O)c1cccc(C(F)(F)F)c1. The van der Waals surface area contributed by atoms with Gasteiger partial charge in [0.1, 0.15) is 0 Å². The molecule has 1 aromatic rings. The fourth-order valence-corrected chi connectivity index (χ4v) is 2.77. The molecule has 0 heterocycles. The Labute approximate surface area is 109 Å². The lowest BCUT2D eigenvalue weighted by Gasteiger charge is -2.24. The van der Waals surface area contributed by atoms with E-state index in [1.165, 1.54) is 13.8 Å². The van der Waals surface area contributed by atoms with Crippen LogP contribution in [0.4, 0.5) is 13.2 Å². The van der Waals surface area contributed by atoms with Gasteiger partial charge in [-0.05, 0) is 32.0 Å². The quantitative estimate of drug-likeness (QED) is 0.888. The topological polar surface area (TPSA) is 72.2 Å². The Morgan fingerprint density at radius 3 is 2.32 bits per heavy atom. The number of rotatable bonds is 4. The summed E-state index contributed by atoms with van der Waals surface area (Å²) in [5, 5.41) is 0. The normalized spacial score (nSPS) is 13.6. The van der Waals surface area contributed by atoms with Gasteiger partial charge in [-0.2, -0.15) is 13.2 Å². The molecule has 0 aliphatic heterocycles. The number of halogens is 3. The van der Waals surface area contributed by atoms with Crippen molar-refractivity contribution in [2.24, 2.45) is 5.73 Å². The fourth-order valence-electron chi connectivity index (χ4n) is 1.30. The van der Waals surface area contributed by atoms with Crippen molar-refractivity contribution in [1.82, 2.24) is 4.72 Å². The van der Waals surface area contributed by atoms with Gasteiger partial charge in [0, 0.05) is 12.1 Å². The second-order valence-corrected chi connectivity index (χ2v) is 6.40. The monoisotopic (exact) mass is 296 g/mol. The van der Waals surface area contributed by atoms with Gasteiger partial charge in [0.2, 0.25) is 10.0 Å². The maximum absolute atomic E-state index is 12.5. The molecule has 1 aromatic carbocycles. The van der Waals surface area contributed by atoms with Crippen LogP contribution in [0.1, 0.15) is 19.4 Å². The van der Waals surface area contributed by atoms with E-state index in [2.05, 4.69) is 4.72 Å². The van der Waals surface area contributed by atoms with Crippen LogP contribution in [0.15, 0.2) is 29.2 Å². The van der Waals surface area contributed by atoms with Crippen LogP contribution < -0.4 is 10.5 Å². The Bertz CT molecular complexity index is 553. The molecule has 3 N–H and O–H groups in total. The van der Waals surface area contributed by atoms with E-state index in [0.29, 0.717) is 6.07 Å². The summed E-state index contributed by atoms with van der Waals surface area (Å²) >= 11 is 0. The molecule has 0 aliphatic carbocycles. The summed E-state index contributed by atoms with van der Waals surface area (Å²) in [5.74, 6) is 0. The molecular weight excluding hydrogens is 281 g/mol. The molecule has 108 valence electrons. The first-order valence-corrected chi connectivity index (χ1v) is 6.87. The van der Waals surface area contributed by atoms with Crippen LogP contribution in [0.5, 0.6) is 0 Å². The summed E-state index contributed by atoms with van der Waals surface area (Å²) in [6, 6.07) is 3.55. The van der Waals surface area contributed by atoms with E-state index in [-0.39, 0.29) is 6.54 Å². The third kappa shape index (κ3) is 4.19. The zero-order valence-electron chi connectivity index (χ0n) is 10.5. The predicted molar refractivity (Wildman–Crippen MR) is 64.9 cm³/mol. The maximum Gasteiger partial charge on any atom is 0.416 e. The summed E-state index contributed by atoms with van der Waals surface area (Å²) < 4.78 is 63.7. The summed E-state index contributed by atoms with van der Waals surface area (Å²) in [5.41, 5.74) is 3.43. The highest BCUT2D eigenvalue weighted by atomic mass is 32.2. The van der Waals surface area contributed by atoms with Crippen molar-refractivity contribution >= 4 is 10.0 Å². The molecule has 0 fully saturated rings. The van der Waals surface area contributed by atoms with Crippen LogP contribution in [-0.2, 0) is 16.2 Å². The molecule has 0 bridgehead atoms. The van der Waals surface area contributed by atoms with Crippen LogP contribution in [0.3, 0.4) is 0 Å². The minimum atomic E-state index is -4.59. The standard InChI is InChI=1S/C11H15F3N2O2S/c1-10(2,7-15)16-19(17,18)9-5-3-4-8(6-9)11(12,13)14/h3-6,16H,7,15H2,1-2H3. The number of alkyl halides is 3. The van der Waals surface area contributed by atoms with Gasteiger partial charge in [0.25, 0.3) is 0 Å². The molecule has 0 aliphatic rings. The first-order valence-electron chi connectivity index (χ1n) is 5.39. The molecule has 0 amide bonds. The van der Waals surface area contributed by atoms with Crippen molar-refractivity contribution in [3.05, 3.63) is 29.8 Å². The van der Waals surface area contributed by atoms with Crippen molar-refractivity contribution < 1.29 is 21.6 Å². The lowest BCUT2D eigenvalue weighted by Crippen LogP contribution is -2.48. The highest BCUT2D eigenvalue weighted by Crippen LogP contribution is 2.30. The van der Waals surface area contributed by atoms with Crippen LogP contribution >= 0.6 is 0 Å². The third-order valence-corrected chi connectivity index (χ3v) is 4.09. The summed E-state index contributed by atoms with van der Waals surface area (Å²) in [7, 11) is -4.04. The van der Waals surface area contributed by atoms with Crippen molar-refractivity contribution in [3.63, 3.8) is 0 Å². The zero-order chi connectivity index (χ0) is 14.9. The van der Waals surface area contributed by atoms with Crippen molar-refractivity contribution in [2.75, 3.05) is 6.54 Å². The number of hydrogen-bond donors (Lipinski definition) is 2. The van der Waals surface area contributed by atoms with E-state index < -0.39 is 32.2 Å². The molecule has 0 atom stereocenters. The molecule has 0 spiro atoms. The molecule has 8 heteroatoms. The minimum absolute atomic E-state index is 0.0190. The van der Waals surface area contributed by atoms with Gasteiger partial charge in [-0.3, -0.25) is 0 Å². The Morgan fingerprint density at radius 1 is 1.26 bits per heavy atom. The Morgan fingerprint density at radius 2 is 1.84 bits per heavy atom. The summed E-state index contributed by atoms with van der Waals surface area (Å²) in [4.78, 5) is -0.441. The lowest BCUT2D eigenvalue weighted by atomic mass is 10.1. The zero-order valence-corrected chi connectivity index (χ0v) is 11.3. The molecule has 4 nitrogen and oxygen atoms in total. The molecule has 1 rings (SSSR count). The van der Waals surface area contributed by atoms with Crippen LogP contribution in [0.25, 0.3) is 0 Å². The van der Waals surface area contributed by atoms with Gasteiger partial charge in [-0.1, -0.05) is 6.07 Å². The molecule has 0 unspecified atom stereocenters. The van der Waals surface area contributed by atoms with Crippen molar-refractivity contribution in [3.8, 4) is 0 Å². The second kappa shape index (κ2) is 5.10. The number of hydrogen-bond acceptors (Lipinski definition) is 3. The highest BCUT2D eigenvalue weighted by molar-refractivity contribution is 7.89. The van der Waals surface area contributed by atoms with Crippen LogP contribution in [0.2, 0.25) is 0 Å². The largest absolute Gasteiger partial charge is 0.416 e. The van der Waals surface area contributed by atoms with Gasteiger partial charge in [0.05, 0.1) is 10.5 Å². The Balaban J connectivity index is 3.17. The molecule has 0 radical (unpaired) electrons. The molecule has 19 heavy (non-hydrogen) atoms. The predicted octanol–water partition coefficient (Wildman–Crippen LogP) is 1.72. The Hall–Kier alpha value is -1.12. The number of sulfonamides is 1. The number of nitrogens with one attached hydrogen (secondary N) is 1. The van der Waals surface area contributed by atoms with Gasteiger partial charge < -0.3 is 5.73 Å². The van der Waals surface area contributed by atoms with E-state index in [1.807, 2.05) is 0 Å². The number of nitrogens with two attached hydrogens (primary N) is 1. The van der Waals surface area contributed by atoms with E-state index in [1.54, 1.807) is 0 Å². The third-order valence-electron chi connectivity index (χ3n) is 2.39. The van der Waals surface area contributed by atoms with Crippen LogP contribution in [-0.4, -0.2) is 20.5 Å². The highest BCUT2D eigenvalue weighted by Gasteiger charge is 2.32. The van der Waals surface area contributed by atoms with Gasteiger partial charge in [-0.25, -0.2) is 13.1 Å². The average Bonchev–Trinajstić information content (AvgIpc) is 2.27. The van der Waals surface area contributed by atoms with E-state index in [9.17, 15) is 21.6 Å².